The first-order chi connectivity index (χ1) is 9.75. The minimum absolute atomic E-state index is 0.269. The van der Waals surface area contributed by atoms with Gasteiger partial charge in [0.1, 0.15) is 0 Å². The molecule has 0 unspecified atom stereocenters. The van der Waals surface area contributed by atoms with Crippen LogP contribution in [-0.4, -0.2) is 11.0 Å². The zero-order chi connectivity index (χ0) is 15.6. The number of hydrogen-bond donors (Lipinski definition) is 2. The van der Waals surface area contributed by atoms with Crippen LogP contribution in [0, 0.1) is 13.8 Å². The van der Waals surface area contributed by atoms with Crippen LogP contribution >= 0.6 is 11.3 Å². The third-order valence-corrected chi connectivity index (χ3v) is 3.71. The molecule has 2 amide bonds. The fourth-order valence-electron chi connectivity index (χ4n) is 1.53. The molecule has 1 heterocycles. The molecular weight excluding hydrogens is 303 g/mol. The smallest absolute Gasteiger partial charge is 0.308 e. The van der Waals surface area contributed by atoms with Gasteiger partial charge in [0.15, 0.2) is 5.13 Å². The first-order valence-electron chi connectivity index (χ1n) is 5.95. The van der Waals surface area contributed by atoms with Gasteiger partial charge in [-0.25, -0.2) is 9.78 Å². The highest BCUT2D eigenvalue weighted by atomic mass is 32.1. The van der Waals surface area contributed by atoms with E-state index >= 15 is 0 Å². The summed E-state index contributed by atoms with van der Waals surface area (Å²) in [7, 11) is 0. The molecule has 0 radical (unpaired) electrons. The maximum absolute atomic E-state index is 12.4. The highest BCUT2D eigenvalue weighted by Crippen LogP contribution is 2.29. The first-order valence-corrected chi connectivity index (χ1v) is 6.76. The number of nitrogens with zero attached hydrogens (tertiary/aromatic N) is 1. The van der Waals surface area contributed by atoms with Gasteiger partial charge < -0.3 is 5.32 Å². The van der Waals surface area contributed by atoms with Crippen molar-refractivity contribution in [1.82, 2.24) is 4.98 Å². The van der Waals surface area contributed by atoms with Crippen LogP contribution in [-0.2, 0) is 6.18 Å². The summed E-state index contributed by atoms with van der Waals surface area (Å²) in [5.41, 5.74) is 0.329. The Morgan fingerprint density at radius 1 is 1.14 bits per heavy atom. The Balaban J connectivity index is 1.99. The summed E-state index contributed by atoms with van der Waals surface area (Å²) in [5.74, 6) is 0. The molecule has 0 bridgehead atoms. The Morgan fingerprint density at radius 2 is 1.76 bits per heavy atom. The second kappa shape index (κ2) is 5.72. The van der Waals surface area contributed by atoms with Crippen LogP contribution in [0.25, 0.3) is 0 Å². The van der Waals surface area contributed by atoms with Gasteiger partial charge in [-0.2, -0.15) is 13.2 Å². The lowest BCUT2D eigenvalue weighted by atomic mass is 10.2. The lowest BCUT2D eigenvalue weighted by Gasteiger charge is -2.08. The van der Waals surface area contributed by atoms with E-state index in [4.69, 9.17) is 0 Å². The molecule has 2 aromatic rings. The monoisotopic (exact) mass is 315 g/mol. The Hall–Kier alpha value is -2.09. The second-order valence-corrected chi connectivity index (χ2v) is 5.52. The number of rotatable bonds is 2. The number of aromatic nitrogens is 1. The van der Waals surface area contributed by atoms with Crippen molar-refractivity contribution in [2.75, 3.05) is 10.6 Å². The molecule has 2 rings (SSSR count). The third kappa shape index (κ3) is 3.94. The summed E-state index contributed by atoms with van der Waals surface area (Å²) in [5, 5.41) is 5.42. The summed E-state index contributed by atoms with van der Waals surface area (Å²) in [6.07, 6.45) is -4.39. The van der Waals surface area contributed by atoms with Crippen LogP contribution in [0.2, 0.25) is 0 Å². The molecule has 1 aromatic carbocycles. The fraction of sp³-hybridized carbons (Fsp3) is 0.231. The summed E-state index contributed by atoms with van der Waals surface area (Å²) >= 11 is 1.33. The molecule has 2 N–H and O–H groups in total. The van der Waals surface area contributed by atoms with Crippen molar-refractivity contribution in [2.45, 2.75) is 20.0 Å². The van der Waals surface area contributed by atoms with Gasteiger partial charge in [-0.3, -0.25) is 5.32 Å². The van der Waals surface area contributed by atoms with E-state index in [2.05, 4.69) is 15.6 Å². The molecule has 112 valence electrons. The molecule has 0 atom stereocenters. The van der Waals surface area contributed by atoms with Crippen molar-refractivity contribution < 1.29 is 18.0 Å². The molecular formula is C13H12F3N3OS. The number of urea groups is 1. The van der Waals surface area contributed by atoms with Gasteiger partial charge >= 0.3 is 12.2 Å². The fourth-order valence-corrected chi connectivity index (χ4v) is 2.34. The maximum atomic E-state index is 12.4. The molecule has 1 aromatic heterocycles. The number of hydrogen-bond acceptors (Lipinski definition) is 3. The number of anilines is 2. The van der Waals surface area contributed by atoms with Crippen LogP contribution in [0.5, 0.6) is 0 Å². The zero-order valence-electron chi connectivity index (χ0n) is 11.2. The van der Waals surface area contributed by atoms with Crippen molar-refractivity contribution in [1.29, 1.82) is 0 Å². The summed E-state index contributed by atoms with van der Waals surface area (Å²) in [6.45, 7) is 3.71. The van der Waals surface area contributed by atoms with Crippen LogP contribution in [0.3, 0.4) is 0 Å². The van der Waals surface area contributed by atoms with Crippen molar-refractivity contribution in [3.63, 3.8) is 0 Å². The Morgan fingerprint density at radius 3 is 2.24 bits per heavy atom. The Kier molecular flexibility index (Phi) is 4.17. The van der Waals surface area contributed by atoms with E-state index in [1.165, 1.54) is 23.5 Å². The number of carbonyl (C=O) groups is 1. The van der Waals surface area contributed by atoms with Crippen LogP contribution in [0.4, 0.5) is 28.8 Å². The quantitative estimate of drug-likeness (QED) is 0.862. The van der Waals surface area contributed by atoms with Crippen molar-refractivity contribution in [3.05, 3.63) is 40.4 Å². The molecule has 0 spiro atoms. The molecule has 0 fully saturated rings. The number of nitrogens with one attached hydrogen (secondary N) is 2. The van der Waals surface area contributed by atoms with Gasteiger partial charge in [0.2, 0.25) is 0 Å². The predicted molar refractivity (Wildman–Crippen MR) is 75.7 cm³/mol. The second-order valence-electron chi connectivity index (χ2n) is 4.31. The van der Waals surface area contributed by atoms with Crippen molar-refractivity contribution >= 4 is 28.2 Å². The van der Waals surface area contributed by atoms with Gasteiger partial charge in [-0.15, -0.1) is 11.3 Å². The maximum Gasteiger partial charge on any atom is 0.416 e. The number of carbonyl (C=O) groups excluding carboxylic acids is 1. The van der Waals surface area contributed by atoms with Gasteiger partial charge in [0.05, 0.1) is 11.3 Å². The predicted octanol–water partition coefficient (Wildman–Crippen LogP) is 4.42. The molecule has 0 aliphatic heterocycles. The first kappa shape index (κ1) is 15.3. The molecule has 4 nitrogen and oxygen atoms in total. The lowest BCUT2D eigenvalue weighted by Crippen LogP contribution is -2.19. The zero-order valence-corrected chi connectivity index (χ0v) is 12.0. The van der Waals surface area contributed by atoms with E-state index in [1.807, 2.05) is 13.8 Å². The van der Waals surface area contributed by atoms with E-state index in [9.17, 15) is 18.0 Å². The number of thiazole rings is 1. The van der Waals surface area contributed by atoms with Gasteiger partial charge in [0.25, 0.3) is 0 Å². The summed E-state index contributed by atoms with van der Waals surface area (Å²) in [4.78, 5) is 16.8. The van der Waals surface area contributed by atoms with Gasteiger partial charge in [0, 0.05) is 10.6 Å². The highest BCUT2D eigenvalue weighted by molar-refractivity contribution is 7.15. The molecule has 8 heteroatoms. The highest BCUT2D eigenvalue weighted by Gasteiger charge is 2.29. The average molecular weight is 315 g/mol. The van der Waals surface area contributed by atoms with Gasteiger partial charge in [-0.1, -0.05) is 0 Å². The normalized spacial score (nSPS) is 11.3. The largest absolute Gasteiger partial charge is 0.416 e. The van der Waals surface area contributed by atoms with E-state index in [0.29, 0.717) is 5.13 Å². The topological polar surface area (TPSA) is 54.0 Å². The average Bonchev–Trinajstić information content (AvgIpc) is 2.67. The molecule has 0 saturated carbocycles. The van der Waals surface area contributed by atoms with Crippen molar-refractivity contribution in [2.24, 2.45) is 0 Å². The van der Waals surface area contributed by atoms with Gasteiger partial charge in [-0.05, 0) is 38.1 Å². The molecule has 0 saturated heterocycles. The standard InChI is InChI=1S/C13H12F3N3OS/c1-7-8(2)21-12(17-7)19-11(20)18-10-5-3-9(4-6-10)13(14,15)16/h3-6H,1-2H3,(H2,17,18,19,20). The van der Waals surface area contributed by atoms with E-state index in [1.54, 1.807) is 0 Å². The number of halogens is 3. The number of alkyl halides is 3. The molecule has 21 heavy (non-hydrogen) atoms. The lowest BCUT2D eigenvalue weighted by molar-refractivity contribution is -0.137. The molecule has 0 aliphatic rings. The summed E-state index contributed by atoms with van der Waals surface area (Å²) in [6, 6.07) is 3.66. The summed E-state index contributed by atoms with van der Waals surface area (Å²) < 4.78 is 37.2. The number of aryl methyl sites for hydroxylation is 2. The minimum Gasteiger partial charge on any atom is -0.308 e. The molecule has 0 aliphatic carbocycles. The third-order valence-electron chi connectivity index (χ3n) is 2.72. The van der Waals surface area contributed by atoms with Crippen LogP contribution in [0.15, 0.2) is 24.3 Å². The van der Waals surface area contributed by atoms with Crippen LogP contribution < -0.4 is 10.6 Å². The van der Waals surface area contributed by atoms with E-state index in [0.717, 1.165) is 22.7 Å². The Labute approximate surface area is 123 Å². The van der Waals surface area contributed by atoms with E-state index < -0.39 is 17.8 Å². The van der Waals surface area contributed by atoms with Crippen LogP contribution in [0.1, 0.15) is 16.1 Å². The Bertz CT molecular complexity index is 630. The minimum atomic E-state index is -4.39. The number of benzene rings is 1. The van der Waals surface area contributed by atoms with Crippen molar-refractivity contribution in [3.8, 4) is 0 Å². The number of amides is 2. The SMILES string of the molecule is Cc1nc(NC(=O)Nc2ccc(C(F)(F)F)cc2)sc1C. The van der Waals surface area contributed by atoms with E-state index in [-0.39, 0.29) is 5.69 Å².